The van der Waals surface area contributed by atoms with Crippen molar-refractivity contribution in [1.29, 1.82) is 0 Å². The highest BCUT2D eigenvalue weighted by Gasteiger charge is 2.14. The van der Waals surface area contributed by atoms with E-state index in [9.17, 15) is 9.59 Å². The quantitative estimate of drug-likeness (QED) is 0.400. The Morgan fingerprint density at radius 3 is 2.82 bits per heavy atom. The second kappa shape index (κ2) is 7.56. The number of carbonyl (C=O) groups is 1. The molecule has 0 aliphatic heterocycles. The summed E-state index contributed by atoms with van der Waals surface area (Å²) in [5, 5.41) is 7.77. The first-order valence-electron chi connectivity index (χ1n) is 8.38. The number of anilines is 1. The van der Waals surface area contributed by atoms with E-state index in [2.05, 4.69) is 20.1 Å². The van der Waals surface area contributed by atoms with Crippen molar-refractivity contribution in [2.75, 3.05) is 11.9 Å². The Labute approximate surface area is 168 Å². The van der Waals surface area contributed by atoms with Crippen molar-refractivity contribution in [3.8, 4) is 5.69 Å². The number of aromatic nitrogens is 5. The topological polar surface area (TPSA) is 96.8 Å². The van der Waals surface area contributed by atoms with Gasteiger partial charge in [-0.05, 0) is 12.1 Å². The lowest BCUT2D eigenvalue weighted by molar-refractivity contribution is -0.116. The minimum absolute atomic E-state index is 0.0702. The molecule has 4 rings (SSSR count). The number of benzene rings is 1. The zero-order chi connectivity index (χ0) is 19.7. The van der Waals surface area contributed by atoms with Crippen molar-refractivity contribution in [1.82, 2.24) is 24.7 Å². The molecule has 1 aromatic carbocycles. The number of H-pyrrole nitrogens is 1. The summed E-state index contributed by atoms with van der Waals surface area (Å²) in [5.41, 5.74) is 1.93. The maximum atomic E-state index is 12.4. The number of thioether (sulfide) groups is 1. The monoisotopic (exact) mass is 412 g/mol. The average Bonchev–Trinajstić information content (AvgIpc) is 3.34. The molecular weight excluding hydrogens is 396 g/mol. The van der Waals surface area contributed by atoms with Crippen LogP contribution in [0.5, 0.6) is 0 Å². The van der Waals surface area contributed by atoms with E-state index in [1.165, 1.54) is 41.1 Å². The summed E-state index contributed by atoms with van der Waals surface area (Å²) in [4.78, 5) is 37.2. The molecule has 0 bridgehead atoms. The molecule has 8 nitrogen and oxygen atoms in total. The first kappa shape index (κ1) is 18.4. The van der Waals surface area contributed by atoms with Crippen molar-refractivity contribution < 1.29 is 4.79 Å². The molecule has 0 saturated heterocycles. The molecule has 0 radical (unpaired) electrons. The Morgan fingerprint density at radius 2 is 2.07 bits per heavy atom. The van der Waals surface area contributed by atoms with Gasteiger partial charge in [0.15, 0.2) is 15.9 Å². The minimum atomic E-state index is -0.232. The molecule has 28 heavy (non-hydrogen) atoms. The maximum absolute atomic E-state index is 12.4. The molecule has 0 unspecified atom stereocenters. The smallest absolute Gasteiger partial charge is 0.262 e. The number of rotatable bonds is 5. The second-order valence-corrected chi connectivity index (χ2v) is 7.79. The van der Waals surface area contributed by atoms with E-state index in [1.807, 2.05) is 35.7 Å². The van der Waals surface area contributed by atoms with Crippen LogP contribution in [0.3, 0.4) is 0 Å². The Morgan fingerprint density at radius 1 is 1.29 bits per heavy atom. The van der Waals surface area contributed by atoms with E-state index in [4.69, 9.17) is 0 Å². The summed E-state index contributed by atoms with van der Waals surface area (Å²) >= 11 is 2.78. The van der Waals surface area contributed by atoms with Crippen LogP contribution in [0, 0.1) is 0 Å². The molecule has 3 aromatic heterocycles. The van der Waals surface area contributed by atoms with Crippen molar-refractivity contribution in [2.24, 2.45) is 0 Å². The third-order valence-corrected chi connectivity index (χ3v) is 5.95. The Hall–Kier alpha value is -2.98. The maximum Gasteiger partial charge on any atom is 0.262 e. The van der Waals surface area contributed by atoms with E-state index in [0.29, 0.717) is 27.1 Å². The standard InChI is InChI=1S/C18H16N6O2S2/c1-11(25)23(2)18-20-12(10-28-18)9-27-17-21-15-14(16(26)22-17)8-19-24(15)13-6-4-3-5-7-13/h3-8,10H,9H2,1-2H3,(H,21,22,26). The molecule has 0 saturated carbocycles. The Bertz CT molecular complexity index is 1200. The van der Waals surface area contributed by atoms with Gasteiger partial charge in [-0.3, -0.25) is 14.5 Å². The molecule has 3 heterocycles. The minimum Gasteiger partial charge on any atom is -0.301 e. The lowest BCUT2D eigenvalue weighted by Crippen LogP contribution is -2.22. The molecule has 0 aliphatic rings. The van der Waals surface area contributed by atoms with Crippen LogP contribution in [0.25, 0.3) is 16.7 Å². The van der Waals surface area contributed by atoms with Crippen molar-refractivity contribution in [2.45, 2.75) is 17.8 Å². The number of hydrogen-bond donors (Lipinski definition) is 1. The molecule has 0 spiro atoms. The third-order valence-electron chi connectivity index (χ3n) is 4.07. The summed E-state index contributed by atoms with van der Waals surface area (Å²) in [6, 6.07) is 9.55. The Kier molecular flexibility index (Phi) is 4.97. The SMILES string of the molecule is CC(=O)N(C)c1nc(CSc2nc3c(cnn3-c3ccccc3)c(=O)[nH]2)cs1. The molecule has 10 heteroatoms. The van der Waals surface area contributed by atoms with Gasteiger partial charge >= 0.3 is 0 Å². The number of nitrogens with zero attached hydrogens (tertiary/aromatic N) is 5. The number of thiazole rings is 1. The lowest BCUT2D eigenvalue weighted by Gasteiger charge is -2.09. The van der Waals surface area contributed by atoms with Gasteiger partial charge in [-0.25, -0.2) is 14.6 Å². The first-order chi connectivity index (χ1) is 13.5. The van der Waals surface area contributed by atoms with Gasteiger partial charge in [0.05, 0.1) is 17.6 Å². The van der Waals surface area contributed by atoms with Crippen LogP contribution < -0.4 is 10.5 Å². The third kappa shape index (κ3) is 3.56. The normalized spacial score (nSPS) is 11.1. The first-order valence-corrected chi connectivity index (χ1v) is 10.2. The summed E-state index contributed by atoms with van der Waals surface area (Å²) < 4.78 is 1.65. The number of nitrogens with one attached hydrogen (secondary N) is 1. The van der Waals surface area contributed by atoms with Crippen LogP contribution in [0.2, 0.25) is 0 Å². The molecule has 0 atom stereocenters. The van der Waals surface area contributed by atoms with Gasteiger partial charge in [-0.2, -0.15) is 5.10 Å². The van der Waals surface area contributed by atoms with Crippen molar-refractivity contribution in [3.63, 3.8) is 0 Å². The van der Waals surface area contributed by atoms with Crippen LogP contribution in [0.15, 0.2) is 51.9 Å². The molecule has 1 amide bonds. The number of amides is 1. The van der Waals surface area contributed by atoms with E-state index < -0.39 is 0 Å². The lowest BCUT2D eigenvalue weighted by atomic mass is 10.3. The van der Waals surface area contributed by atoms with Crippen LogP contribution in [-0.4, -0.2) is 37.7 Å². The van der Waals surface area contributed by atoms with Crippen LogP contribution >= 0.6 is 23.1 Å². The number of hydrogen-bond acceptors (Lipinski definition) is 7. The summed E-state index contributed by atoms with van der Waals surface area (Å²) in [5.74, 6) is 0.454. The van der Waals surface area contributed by atoms with Gasteiger partial charge in [0, 0.05) is 25.1 Å². The number of para-hydroxylation sites is 1. The molecule has 1 N–H and O–H groups in total. The largest absolute Gasteiger partial charge is 0.301 e. The summed E-state index contributed by atoms with van der Waals surface area (Å²) in [7, 11) is 1.69. The molecular formula is C18H16N6O2S2. The predicted molar refractivity (Wildman–Crippen MR) is 110 cm³/mol. The number of fused-ring (bicyclic) bond motifs is 1. The highest BCUT2D eigenvalue weighted by atomic mass is 32.2. The van der Waals surface area contributed by atoms with Gasteiger partial charge in [-0.15, -0.1) is 11.3 Å². The van der Waals surface area contributed by atoms with E-state index >= 15 is 0 Å². The van der Waals surface area contributed by atoms with Crippen LogP contribution in [0.1, 0.15) is 12.6 Å². The number of carbonyl (C=O) groups excluding carboxylic acids is 1. The molecule has 0 aliphatic carbocycles. The fraction of sp³-hybridized carbons (Fsp3) is 0.167. The van der Waals surface area contributed by atoms with E-state index in [-0.39, 0.29) is 11.5 Å². The average molecular weight is 413 g/mol. The van der Waals surface area contributed by atoms with E-state index in [0.717, 1.165) is 11.4 Å². The van der Waals surface area contributed by atoms with Crippen molar-refractivity contribution >= 4 is 45.2 Å². The van der Waals surface area contributed by atoms with Gasteiger partial charge in [0.2, 0.25) is 5.91 Å². The molecule has 142 valence electrons. The summed E-state index contributed by atoms with van der Waals surface area (Å²) in [6.07, 6.45) is 1.52. The zero-order valence-corrected chi connectivity index (χ0v) is 16.8. The predicted octanol–water partition coefficient (Wildman–Crippen LogP) is 2.84. The van der Waals surface area contributed by atoms with Crippen LogP contribution in [0.4, 0.5) is 5.13 Å². The fourth-order valence-electron chi connectivity index (χ4n) is 2.52. The van der Waals surface area contributed by atoms with Gasteiger partial charge < -0.3 is 4.98 Å². The highest BCUT2D eigenvalue weighted by molar-refractivity contribution is 7.98. The van der Waals surface area contributed by atoms with Gasteiger partial charge in [-0.1, -0.05) is 30.0 Å². The highest BCUT2D eigenvalue weighted by Crippen LogP contribution is 2.25. The van der Waals surface area contributed by atoms with Crippen molar-refractivity contribution in [3.05, 3.63) is 58.0 Å². The Balaban J connectivity index is 1.60. The zero-order valence-electron chi connectivity index (χ0n) is 15.1. The second-order valence-electron chi connectivity index (χ2n) is 5.99. The van der Waals surface area contributed by atoms with Gasteiger partial charge in [0.1, 0.15) is 5.39 Å². The molecule has 0 fully saturated rings. The summed E-state index contributed by atoms with van der Waals surface area (Å²) in [6.45, 7) is 1.50. The fourth-order valence-corrected chi connectivity index (χ4v) is 4.21. The van der Waals surface area contributed by atoms with E-state index in [1.54, 1.807) is 11.7 Å². The number of aromatic amines is 1. The van der Waals surface area contributed by atoms with Gasteiger partial charge in [0.25, 0.3) is 5.56 Å². The van der Waals surface area contributed by atoms with Crippen LogP contribution in [-0.2, 0) is 10.5 Å². The molecule has 4 aromatic rings.